The third-order valence-corrected chi connectivity index (χ3v) is 4.11. The zero-order valence-electron chi connectivity index (χ0n) is 11.8. The molecule has 0 atom stereocenters. The Morgan fingerprint density at radius 3 is 2.81 bits per heavy atom. The van der Waals surface area contributed by atoms with E-state index in [1.54, 1.807) is 4.52 Å². The number of carbonyl (C=O) groups excluding carboxylic acids is 1. The summed E-state index contributed by atoms with van der Waals surface area (Å²) in [6.07, 6.45) is 4.44. The van der Waals surface area contributed by atoms with E-state index in [2.05, 4.69) is 25.5 Å². The van der Waals surface area contributed by atoms with Gasteiger partial charge in [0.25, 0.3) is 0 Å². The van der Waals surface area contributed by atoms with Crippen LogP contribution in [0.15, 0.2) is 12.1 Å². The molecular weight excluding hydrogens is 268 g/mol. The summed E-state index contributed by atoms with van der Waals surface area (Å²) in [5, 5.41) is 15.8. The first kappa shape index (κ1) is 12.6. The lowest BCUT2D eigenvalue weighted by Gasteiger charge is -2.15. The van der Waals surface area contributed by atoms with Crippen molar-refractivity contribution in [3.8, 4) is 0 Å². The summed E-state index contributed by atoms with van der Waals surface area (Å²) in [6, 6.07) is 3.92. The fraction of sp³-hybridized carbons (Fsp3) is 0.571. The second-order valence-electron chi connectivity index (χ2n) is 5.76. The van der Waals surface area contributed by atoms with E-state index in [4.69, 9.17) is 0 Å². The third-order valence-electron chi connectivity index (χ3n) is 4.11. The Kier molecular flexibility index (Phi) is 2.98. The topological polar surface area (TPSA) is 75.4 Å². The number of hydrogen-bond donors (Lipinski definition) is 1. The van der Waals surface area contributed by atoms with E-state index in [1.165, 1.54) is 12.8 Å². The Morgan fingerprint density at radius 1 is 1.24 bits per heavy atom. The van der Waals surface area contributed by atoms with Gasteiger partial charge in [-0.15, -0.1) is 15.3 Å². The van der Waals surface area contributed by atoms with Crippen molar-refractivity contribution >= 4 is 17.4 Å². The molecule has 1 aliphatic heterocycles. The van der Waals surface area contributed by atoms with E-state index in [9.17, 15) is 4.79 Å². The van der Waals surface area contributed by atoms with Crippen molar-refractivity contribution in [2.24, 2.45) is 5.92 Å². The second-order valence-corrected chi connectivity index (χ2v) is 5.76. The Bertz CT molecular complexity index is 671. The molecule has 1 saturated carbocycles. The molecule has 2 aliphatic rings. The van der Waals surface area contributed by atoms with Gasteiger partial charge < -0.3 is 10.2 Å². The highest BCUT2D eigenvalue weighted by molar-refractivity contribution is 5.80. The molecule has 7 nitrogen and oxygen atoms in total. The predicted molar refractivity (Wildman–Crippen MR) is 76.8 cm³/mol. The van der Waals surface area contributed by atoms with Crippen molar-refractivity contribution in [2.45, 2.75) is 32.2 Å². The largest absolute Gasteiger partial charge is 0.355 e. The van der Waals surface area contributed by atoms with Gasteiger partial charge in [-0.1, -0.05) is 0 Å². The number of carbonyl (C=O) groups is 1. The summed E-state index contributed by atoms with van der Waals surface area (Å²) in [7, 11) is 0. The second kappa shape index (κ2) is 4.98. The summed E-state index contributed by atoms with van der Waals surface area (Å²) >= 11 is 0. The average molecular weight is 286 g/mol. The molecule has 1 aliphatic carbocycles. The normalized spacial score (nSPS) is 18.4. The maximum Gasteiger partial charge on any atom is 0.223 e. The van der Waals surface area contributed by atoms with Gasteiger partial charge in [-0.25, -0.2) is 0 Å². The van der Waals surface area contributed by atoms with Gasteiger partial charge in [-0.2, -0.15) is 4.52 Å². The number of rotatable bonds is 4. The van der Waals surface area contributed by atoms with Crippen LogP contribution in [0.4, 0.5) is 5.82 Å². The minimum atomic E-state index is 0.113. The first-order valence-corrected chi connectivity index (χ1v) is 7.55. The Hall–Kier alpha value is -2.18. The van der Waals surface area contributed by atoms with E-state index in [0.29, 0.717) is 18.0 Å². The van der Waals surface area contributed by atoms with Crippen molar-refractivity contribution in [3.05, 3.63) is 18.0 Å². The van der Waals surface area contributed by atoms with Crippen LogP contribution in [0.3, 0.4) is 0 Å². The Morgan fingerprint density at radius 2 is 2.05 bits per heavy atom. The highest BCUT2D eigenvalue weighted by Crippen LogP contribution is 2.28. The molecule has 1 amide bonds. The SMILES string of the molecule is O=C(NCc1nnc2ccc(N3CCCC3)nn12)C1CC1. The molecular formula is C14H18N6O. The number of nitrogens with zero attached hydrogens (tertiary/aromatic N) is 5. The summed E-state index contributed by atoms with van der Waals surface area (Å²) < 4.78 is 1.74. The van der Waals surface area contributed by atoms with Gasteiger partial charge in [0.1, 0.15) is 5.82 Å². The molecule has 3 heterocycles. The first-order valence-electron chi connectivity index (χ1n) is 7.55. The number of hydrogen-bond acceptors (Lipinski definition) is 5. The minimum absolute atomic E-state index is 0.113. The first-order chi connectivity index (χ1) is 10.3. The quantitative estimate of drug-likeness (QED) is 0.897. The van der Waals surface area contributed by atoms with Crippen LogP contribution in [-0.4, -0.2) is 38.8 Å². The van der Waals surface area contributed by atoms with Gasteiger partial charge >= 0.3 is 0 Å². The van der Waals surface area contributed by atoms with Gasteiger partial charge in [0.05, 0.1) is 6.54 Å². The summed E-state index contributed by atoms with van der Waals surface area (Å²) in [4.78, 5) is 14.0. The molecule has 110 valence electrons. The fourth-order valence-electron chi connectivity index (χ4n) is 2.70. The molecule has 7 heteroatoms. The van der Waals surface area contributed by atoms with Crippen LogP contribution in [0.25, 0.3) is 5.65 Å². The van der Waals surface area contributed by atoms with E-state index >= 15 is 0 Å². The smallest absolute Gasteiger partial charge is 0.223 e. The Labute approximate surface area is 122 Å². The molecule has 0 unspecified atom stereocenters. The molecule has 0 bridgehead atoms. The maximum atomic E-state index is 11.7. The highest BCUT2D eigenvalue weighted by atomic mass is 16.2. The van der Waals surface area contributed by atoms with Crippen LogP contribution in [0.2, 0.25) is 0 Å². The van der Waals surface area contributed by atoms with Gasteiger partial charge in [0.2, 0.25) is 5.91 Å². The van der Waals surface area contributed by atoms with Crippen LogP contribution in [0.1, 0.15) is 31.5 Å². The monoisotopic (exact) mass is 286 g/mol. The molecule has 1 N–H and O–H groups in total. The van der Waals surface area contributed by atoms with Crippen molar-refractivity contribution in [1.29, 1.82) is 0 Å². The van der Waals surface area contributed by atoms with Crippen molar-refractivity contribution in [2.75, 3.05) is 18.0 Å². The standard InChI is InChI=1S/C14H18N6O/c21-14(10-3-4-10)15-9-13-17-16-11-5-6-12(18-20(11)13)19-7-1-2-8-19/h5-6,10H,1-4,7-9H2,(H,15,21). The maximum absolute atomic E-state index is 11.7. The predicted octanol–water partition coefficient (Wildman–Crippen LogP) is 0.751. The number of aromatic nitrogens is 4. The van der Waals surface area contributed by atoms with Gasteiger partial charge in [-0.3, -0.25) is 4.79 Å². The molecule has 4 rings (SSSR count). The van der Waals surface area contributed by atoms with Crippen LogP contribution < -0.4 is 10.2 Å². The van der Waals surface area contributed by atoms with Crippen LogP contribution in [0, 0.1) is 5.92 Å². The van der Waals surface area contributed by atoms with E-state index < -0.39 is 0 Å². The molecule has 1 saturated heterocycles. The molecule has 21 heavy (non-hydrogen) atoms. The van der Waals surface area contributed by atoms with E-state index in [-0.39, 0.29) is 11.8 Å². The number of anilines is 1. The lowest BCUT2D eigenvalue weighted by Crippen LogP contribution is -2.26. The van der Waals surface area contributed by atoms with Crippen LogP contribution in [0.5, 0.6) is 0 Å². The van der Waals surface area contributed by atoms with Crippen molar-refractivity contribution in [1.82, 2.24) is 25.1 Å². The third kappa shape index (κ3) is 2.43. The van der Waals surface area contributed by atoms with Crippen molar-refractivity contribution in [3.63, 3.8) is 0 Å². The molecule has 0 spiro atoms. The lowest BCUT2D eigenvalue weighted by atomic mass is 10.4. The molecule has 2 aromatic rings. The summed E-state index contributed by atoms with van der Waals surface area (Å²) in [5.74, 6) is 1.95. The van der Waals surface area contributed by atoms with E-state index in [0.717, 1.165) is 31.7 Å². The van der Waals surface area contributed by atoms with Crippen LogP contribution >= 0.6 is 0 Å². The minimum Gasteiger partial charge on any atom is -0.355 e. The van der Waals surface area contributed by atoms with Crippen LogP contribution in [-0.2, 0) is 11.3 Å². The van der Waals surface area contributed by atoms with E-state index in [1.807, 2.05) is 12.1 Å². The number of nitrogens with one attached hydrogen (secondary N) is 1. The number of fused-ring (bicyclic) bond motifs is 1. The molecule has 2 aromatic heterocycles. The molecule has 0 radical (unpaired) electrons. The number of amides is 1. The highest BCUT2D eigenvalue weighted by Gasteiger charge is 2.29. The molecule has 2 fully saturated rings. The zero-order chi connectivity index (χ0) is 14.2. The van der Waals surface area contributed by atoms with Gasteiger partial charge in [0.15, 0.2) is 11.5 Å². The molecule has 0 aromatic carbocycles. The van der Waals surface area contributed by atoms with Gasteiger partial charge in [-0.05, 0) is 37.8 Å². The Balaban J connectivity index is 1.56. The zero-order valence-corrected chi connectivity index (χ0v) is 11.8. The summed E-state index contributed by atoms with van der Waals surface area (Å²) in [5.41, 5.74) is 0.716. The lowest BCUT2D eigenvalue weighted by molar-refractivity contribution is -0.122. The fourth-order valence-corrected chi connectivity index (χ4v) is 2.70. The van der Waals surface area contributed by atoms with Crippen molar-refractivity contribution < 1.29 is 4.79 Å². The summed E-state index contributed by atoms with van der Waals surface area (Å²) in [6.45, 7) is 2.48. The van der Waals surface area contributed by atoms with Gasteiger partial charge in [0, 0.05) is 19.0 Å². The average Bonchev–Trinajstić information content (AvgIpc) is 3.07.